The highest BCUT2D eigenvalue weighted by Gasteiger charge is 2.32. The van der Waals surface area contributed by atoms with E-state index >= 15 is 0 Å². The van der Waals surface area contributed by atoms with Crippen LogP contribution in [-0.2, 0) is 5.75 Å². The van der Waals surface area contributed by atoms with Crippen LogP contribution in [-0.4, -0.2) is 24.7 Å². The van der Waals surface area contributed by atoms with Gasteiger partial charge in [0.05, 0.1) is 5.69 Å². The number of benzene rings is 2. The van der Waals surface area contributed by atoms with Gasteiger partial charge >= 0.3 is 12.4 Å². The predicted octanol–water partition coefficient (Wildman–Crippen LogP) is 4.64. The Hall–Kier alpha value is -2.35. The number of ether oxygens (including phenoxy) is 1. The molecule has 0 aliphatic heterocycles. The minimum atomic E-state index is -4.82. The summed E-state index contributed by atoms with van der Waals surface area (Å²) < 4.78 is 40.9. The Bertz CT molecular complexity index is 681. The molecule has 4 nitrogen and oxygen atoms in total. The van der Waals surface area contributed by atoms with Gasteiger partial charge in [-0.05, 0) is 17.7 Å². The van der Waals surface area contributed by atoms with Crippen LogP contribution in [0, 0.1) is 0 Å². The molecule has 2 rings (SSSR count). The zero-order valence-corrected chi connectivity index (χ0v) is 14.0. The van der Waals surface area contributed by atoms with Crippen LogP contribution in [0.15, 0.2) is 54.6 Å². The van der Waals surface area contributed by atoms with Gasteiger partial charge in [0.2, 0.25) is 0 Å². The zero-order chi connectivity index (χ0) is 18.1. The molecule has 0 aliphatic rings. The third-order valence-corrected chi connectivity index (χ3v) is 4.03. The van der Waals surface area contributed by atoms with Gasteiger partial charge in [-0.2, -0.15) is 11.8 Å². The van der Waals surface area contributed by atoms with Crippen LogP contribution in [0.1, 0.15) is 5.56 Å². The normalized spacial score (nSPS) is 11.0. The van der Waals surface area contributed by atoms with E-state index in [1.54, 1.807) is 11.8 Å². The number of rotatable bonds is 7. The quantitative estimate of drug-likeness (QED) is 0.698. The first-order valence-electron chi connectivity index (χ1n) is 7.45. The number of hydrogen-bond acceptors (Lipinski definition) is 3. The van der Waals surface area contributed by atoms with Crippen molar-refractivity contribution in [2.75, 3.05) is 17.6 Å². The molecule has 8 heteroatoms. The average molecular weight is 370 g/mol. The Morgan fingerprint density at radius 3 is 2.44 bits per heavy atom. The van der Waals surface area contributed by atoms with Gasteiger partial charge < -0.3 is 15.4 Å². The van der Waals surface area contributed by atoms with E-state index in [4.69, 9.17) is 0 Å². The number of para-hydroxylation sites is 2. The van der Waals surface area contributed by atoms with Crippen LogP contribution in [0.25, 0.3) is 0 Å². The van der Waals surface area contributed by atoms with E-state index in [0.29, 0.717) is 12.3 Å². The molecule has 0 heterocycles. The molecular formula is C17H17F3N2O2S. The third-order valence-electron chi connectivity index (χ3n) is 3.00. The standard InChI is InChI=1S/C17H17F3N2O2S/c18-17(19,20)24-15-9-5-4-8-14(15)22-16(23)21-10-11-25-12-13-6-2-1-3-7-13/h1-9H,10-12H2,(H2,21,22,23). The topological polar surface area (TPSA) is 50.4 Å². The van der Waals surface area contributed by atoms with Crippen molar-refractivity contribution in [3.8, 4) is 5.75 Å². The maximum Gasteiger partial charge on any atom is 0.573 e. The fraction of sp³-hybridized carbons (Fsp3) is 0.235. The molecule has 0 unspecified atom stereocenters. The lowest BCUT2D eigenvalue weighted by Gasteiger charge is -2.14. The number of amides is 2. The molecule has 134 valence electrons. The Labute approximate surface area is 147 Å². The average Bonchev–Trinajstić information content (AvgIpc) is 2.56. The van der Waals surface area contributed by atoms with Crippen LogP contribution >= 0.6 is 11.8 Å². The summed E-state index contributed by atoms with van der Waals surface area (Å²) in [6.45, 7) is 0.394. The van der Waals surface area contributed by atoms with Crippen molar-refractivity contribution < 1.29 is 22.7 Å². The van der Waals surface area contributed by atoms with Gasteiger partial charge in [-0.1, -0.05) is 42.5 Å². The summed E-state index contributed by atoms with van der Waals surface area (Å²) in [4.78, 5) is 11.8. The number of thioether (sulfide) groups is 1. The molecule has 0 aliphatic carbocycles. The van der Waals surface area contributed by atoms with Gasteiger partial charge in [-0.15, -0.1) is 13.2 Å². The highest BCUT2D eigenvalue weighted by atomic mass is 32.2. The molecule has 2 aromatic carbocycles. The van der Waals surface area contributed by atoms with Crippen molar-refractivity contribution in [2.45, 2.75) is 12.1 Å². The monoisotopic (exact) mass is 370 g/mol. The number of carbonyl (C=O) groups is 1. The fourth-order valence-electron chi connectivity index (χ4n) is 1.95. The number of nitrogens with one attached hydrogen (secondary N) is 2. The van der Waals surface area contributed by atoms with Gasteiger partial charge in [0.15, 0.2) is 5.75 Å². The zero-order valence-electron chi connectivity index (χ0n) is 13.2. The maximum atomic E-state index is 12.3. The lowest BCUT2D eigenvalue weighted by molar-refractivity contribution is -0.274. The lowest BCUT2D eigenvalue weighted by atomic mass is 10.2. The Morgan fingerprint density at radius 2 is 1.72 bits per heavy atom. The van der Waals surface area contributed by atoms with E-state index in [9.17, 15) is 18.0 Å². The smallest absolute Gasteiger partial charge is 0.404 e. The van der Waals surface area contributed by atoms with Crippen molar-refractivity contribution in [1.82, 2.24) is 5.32 Å². The van der Waals surface area contributed by atoms with E-state index in [0.717, 1.165) is 11.8 Å². The second-order valence-electron chi connectivity index (χ2n) is 4.96. The van der Waals surface area contributed by atoms with E-state index in [1.165, 1.54) is 23.8 Å². The molecule has 0 fully saturated rings. The number of hydrogen-bond donors (Lipinski definition) is 2. The van der Waals surface area contributed by atoms with Gasteiger partial charge in [0.1, 0.15) is 0 Å². The number of alkyl halides is 3. The van der Waals surface area contributed by atoms with Crippen molar-refractivity contribution in [3.05, 3.63) is 60.2 Å². The van der Waals surface area contributed by atoms with Gasteiger partial charge in [0, 0.05) is 18.1 Å². The number of halogens is 3. The van der Waals surface area contributed by atoms with E-state index in [1.807, 2.05) is 30.3 Å². The minimum absolute atomic E-state index is 0.0470. The Kier molecular flexibility index (Phi) is 7.00. The van der Waals surface area contributed by atoms with Crippen molar-refractivity contribution in [1.29, 1.82) is 0 Å². The molecule has 0 saturated heterocycles. The number of urea groups is 1. The molecule has 2 N–H and O–H groups in total. The molecule has 2 amide bonds. The van der Waals surface area contributed by atoms with E-state index in [-0.39, 0.29) is 5.69 Å². The Balaban J connectivity index is 1.73. The Morgan fingerprint density at radius 1 is 1.04 bits per heavy atom. The van der Waals surface area contributed by atoms with Gasteiger partial charge in [-0.3, -0.25) is 0 Å². The largest absolute Gasteiger partial charge is 0.573 e. The number of carbonyl (C=O) groups excluding carboxylic acids is 1. The molecule has 0 bridgehead atoms. The molecule has 0 spiro atoms. The summed E-state index contributed by atoms with van der Waals surface area (Å²) >= 11 is 1.65. The van der Waals surface area contributed by atoms with Gasteiger partial charge in [-0.25, -0.2) is 4.79 Å². The van der Waals surface area contributed by atoms with Crippen LogP contribution in [0.2, 0.25) is 0 Å². The summed E-state index contributed by atoms with van der Waals surface area (Å²) in [6, 6.07) is 14.7. The SMILES string of the molecule is O=C(NCCSCc1ccccc1)Nc1ccccc1OC(F)(F)F. The van der Waals surface area contributed by atoms with E-state index < -0.39 is 18.1 Å². The lowest BCUT2D eigenvalue weighted by Crippen LogP contribution is -2.31. The first-order chi connectivity index (χ1) is 11.9. The first-order valence-corrected chi connectivity index (χ1v) is 8.61. The molecule has 25 heavy (non-hydrogen) atoms. The maximum absolute atomic E-state index is 12.3. The summed E-state index contributed by atoms with van der Waals surface area (Å²) in [7, 11) is 0. The molecule has 0 aromatic heterocycles. The fourth-order valence-corrected chi connectivity index (χ4v) is 2.77. The summed E-state index contributed by atoms with van der Waals surface area (Å²) in [5, 5.41) is 4.96. The highest BCUT2D eigenvalue weighted by Crippen LogP contribution is 2.29. The summed E-state index contributed by atoms with van der Waals surface area (Å²) in [5.74, 6) is 1.05. The van der Waals surface area contributed by atoms with Crippen LogP contribution in [0.3, 0.4) is 0 Å². The molecule has 2 aromatic rings. The highest BCUT2D eigenvalue weighted by molar-refractivity contribution is 7.98. The van der Waals surface area contributed by atoms with Crippen molar-refractivity contribution in [3.63, 3.8) is 0 Å². The van der Waals surface area contributed by atoms with Crippen LogP contribution in [0.4, 0.5) is 23.7 Å². The molecule has 0 saturated carbocycles. The first kappa shape index (κ1) is 19.0. The molecule has 0 atom stereocenters. The predicted molar refractivity (Wildman–Crippen MR) is 92.8 cm³/mol. The van der Waals surface area contributed by atoms with Gasteiger partial charge in [0.25, 0.3) is 0 Å². The second kappa shape index (κ2) is 9.22. The van der Waals surface area contributed by atoms with Crippen LogP contribution < -0.4 is 15.4 Å². The minimum Gasteiger partial charge on any atom is -0.404 e. The second-order valence-corrected chi connectivity index (χ2v) is 6.07. The molecular weight excluding hydrogens is 353 g/mol. The van der Waals surface area contributed by atoms with Crippen molar-refractivity contribution >= 4 is 23.5 Å². The summed E-state index contributed by atoms with van der Waals surface area (Å²) in [6.07, 6.45) is -4.82. The van der Waals surface area contributed by atoms with E-state index in [2.05, 4.69) is 15.4 Å². The third kappa shape index (κ3) is 7.38. The molecule has 0 radical (unpaired) electrons. The summed E-state index contributed by atoms with van der Waals surface area (Å²) in [5.41, 5.74) is 1.14. The van der Waals surface area contributed by atoms with Crippen molar-refractivity contribution in [2.24, 2.45) is 0 Å². The number of anilines is 1. The van der Waals surface area contributed by atoms with Crippen LogP contribution in [0.5, 0.6) is 5.75 Å².